The Hall–Kier alpha value is -2.64. The number of hydrogen-bond donors (Lipinski definition) is 3. The van der Waals surface area contributed by atoms with Crippen LogP contribution in [-0.4, -0.2) is 28.1 Å². The van der Waals surface area contributed by atoms with Crippen molar-refractivity contribution in [3.63, 3.8) is 0 Å². The number of nitro benzene ring substituents is 1. The number of urea groups is 1. The van der Waals surface area contributed by atoms with Crippen LogP contribution in [0.5, 0.6) is 0 Å². The topological polar surface area (TPSA) is 122 Å². The second-order valence-electron chi connectivity index (χ2n) is 4.21. The van der Waals surface area contributed by atoms with Crippen LogP contribution in [0.2, 0.25) is 0 Å². The number of carbonyl (C=O) groups is 2. The number of nitrogens with zero attached hydrogens (tertiary/aromatic N) is 1. The van der Waals surface area contributed by atoms with Gasteiger partial charge in [-0.05, 0) is 6.92 Å². The normalized spacial score (nSPS) is 11.4. The Morgan fingerprint density at radius 2 is 2.05 bits per heavy atom. The van der Waals surface area contributed by atoms with Gasteiger partial charge in [0.15, 0.2) is 0 Å². The minimum Gasteiger partial charge on any atom is -0.481 e. The van der Waals surface area contributed by atoms with E-state index in [1.165, 1.54) is 12.1 Å². The number of aliphatic carboxylic acids is 1. The van der Waals surface area contributed by atoms with E-state index in [0.29, 0.717) is 5.56 Å². The van der Waals surface area contributed by atoms with Crippen LogP contribution in [0.1, 0.15) is 18.9 Å². The standard InChI is InChI=1S/C12H15N3O5/c1-8(6-11(16)17)14-12(18)13-7-9-4-2-3-5-10(9)15(19)20/h2-5,8H,6-7H2,1H3,(H,16,17)(H2,13,14,18). The first-order valence-electron chi connectivity index (χ1n) is 5.88. The molecule has 8 nitrogen and oxygen atoms in total. The fourth-order valence-corrected chi connectivity index (χ4v) is 1.60. The second kappa shape index (κ2) is 7.07. The quantitative estimate of drug-likeness (QED) is 0.535. The number of carboxylic acid groups (broad SMARTS) is 1. The van der Waals surface area contributed by atoms with Gasteiger partial charge < -0.3 is 15.7 Å². The van der Waals surface area contributed by atoms with E-state index in [1.807, 2.05) is 0 Å². The van der Waals surface area contributed by atoms with Crippen LogP contribution in [0.3, 0.4) is 0 Å². The lowest BCUT2D eigenvalue weighted by molar-refractivity contribution is -0.385. The minimum atomic E-state index is -1.02. The maximum Gasteiger partial charge on any atom is 0.315 e. The van der Waals surface area contributed by atoms with Gasteiger partial charge in [-0.3, -0.25) is 14.9 Å². The van der Waals surface area contributed by atoms with Crippen molar-refractivity contribution in [3.05, 3.63) is 39.9 Å². The first kappa shape index (κ1) is 15.4. The average Bonchev–Trinajstić information content (AvgIpc) is 2.35. The van der Waals surface area contributed by atoms with Gasteiger partial charge in [-0.25, -0.2) is 4.79 Å². The Morgan fingerprint density at radius 1 is 1.40 bits per heavy atom. The molecule has 1 rings (SSSR count). The predicted molar refractivity (Wildman–Crippen MR) is 70.2 cm³/mol. The summed E-state index contributed by atoms with van der Waals surface area (Å²) in [4.78, 5) is 32.2. The van der Waals surface area contributed by atoms with E-state index >= 15 is 0 Å². The molecule has 0 bridgehead atoms. The number of benzene rings is 1. The number of nitrogens with one attached hydrogen (secondary N) is 2. The Labute approximate surface area is 114 Å². The van der Waals surface area contributed by atoms with E-state index in [4.69, 9.17) is 5.11 Å². The smallest absolute Gasteiger partial charge is 0.315 e. The molecule has 1 aromatic rings. The molecule has 1 atom stereocenters. The summed E-state index contributed by atoms with van der Waals surface area (Å²) in [7, 11) is 0. The van der Waals surface area contributed by atoms with Crippen LogP contribution in [0.15, 0.2) is 24.3 Å². The average molecular weight is 281 g/mol. The maximum absolute atomic E-state index is 11.5. The summed E-state index contributed by atoms with van der Waals surface area (Å²) in [6, 6.07) is 4.96. The van der Waals surface area contributed by atoms with Crippen molar-refractivity contribution in [2.24, 2.45) is 0 Å². The molecule has 0 spiro atoms. The number of hydrogen-bond acceptors (Lipinski definition) is 4. The molecule has 20 heavy (non-hydrogen) atoms. The molecule has 0 aliphatic carbocycles. The van der Waals surface area contributed by atoms with Crippen LogP contribution in [0.25, 0.3) is 0 Å². The Balaban J connectivity index is 2.53. The third-order valence-corrected chi connectivity index (χ3v) is 2.49. The summed E-state index contributed by atoms with van der Waals surface area (Å²) < 4.78 is 0. The Bertz CT molecular complexity index is 518. The maximum atomic E-state index is 11.5. The summed E-state index contributed by atoms with van der Waals surface area (Å²) in [6.45, 7) is 1.54. The molecule has 8 heteroatoms. The molecule has 0 saturated carbocycles. The lowest BCUT2D eigenvalue weighted by Crippen LogP contribution is -2.41. The summed E-state index contributed by atoms with van der Waals surface area (Å²) in [5.74, 6) is -1.02. The largest absolute Gasteiger partial charge is 0.481 e. The number of rotatable bonds is 6. The zero-order valence-corrected chi connectivity index (χ0v) is 10.8. The van der Waals surface area contributed by atoms with Crippen molar-refractivity contribution in [2.75, 3.05) is 0 Å². The summed E-state index contributed by atoms with van der Waals surface area (Å²) >= 11 is 0. The zero-order chi connectivity index (χ0) is 15.1. The number of nitro groups is 1. The third kappa shape index (κ3) is 4.92. The first-order valence-corrected chi connectivity index (χ1v) is 5.88. The SMILES string of the molecule is CC(CC(=O)O)NC(=O)NCc1ccccc1[N+](=O)[O-]. The van der Waals surface area contributed by atoms with Crippen LogP contribution >= 0.6 is 0 Å². The van der Waals surface area contributed by atoms with Crippen LogP contribution in [-0.2, 0) is 11.3 Å². The molecule has 3 N–H and O–H groups in total. The second-order valence-corrected chi connectivity index (χ2v) is 4.21. The third-order valence-electron chi connectivity index (χ3n) is 2.49. The fraction of sp³-hybridized carbons (Fsp3) is 0.333. The van der Waals surface area contributed by atoms with Crippen molar-refractivity contribution in [1.82, 2.24) is 10.6 Å². The van der Waals surface area contributed by atoms with Crippen LogP contribution in [0, 0.1) is 10.1 Å². The lowest BCUT2D eigenvalue weighted by Gasteiger charge is -2.12. The van der Waals surface area contributed by atoms with E-state index in [1.54, 1.807) is 19.1 Å². The Kier molecular flexibility index (Phi) is 5.45. The molecule has 0 aliphatic rings. The summed E-state index contributed by atoms with van der Waals surface area (Å²) in [5, 5.41) is 24.2. The highest BCUT2D eigenvalue weighted by Gasteiger charge is 2.14. The lowest BCUT2D eigenvalue weighted by atomic mass is 10.2. The molecule has 0 radical (unpaired) electrons. The van der Waals surface area contributed by atoms with E-state index in [9.17, 15) is 19.7 Å². The fourth-order valence-electron chi connectivity index (χ4n) is 1.60. The molecule has 0 saturated heterocycles. The molecular formula is C12H15N3O5. The zero-order valence-electron chi connectivity index (χ0n) is 10.8. The van der Waals surface area contributed by atoms with Gasteiger partial charge in [-0.2, -0.15) is 0 Å². The molecule has 1 aromatic carbocycles. The highest BCUT2D eigenvalue weighted by Crippen LogP contribution is 2.16. The highest BCUT2D eigenvalue weighted by atomic mass is 16.6. The predicted octanol–water partition coefficient (Wildman–Crippen LogP) is 1.26. The Morgan fingerprint density at radius 3 is 2.65 bits per heavy atom. The van der Waals surface area contributed by atoms with Crippen molar-refractivity contribution in [2.45, 2.75) is 25.9 Å². The molecule has 108 valence electrons. The van der Waals surface area contributed by atoms with Crippen LogP contribution < -0.4 is 10.6 Å². The van der Waals surface area contributed by atoms with Gasteiger partial charge in [0.1, 0.15) is 0 Å². The van der Waals surface area contributed by atoms with Crippen molar-refractivity contribution in [3.8, 4) is 0 Å². The minimum absolute atomic E-state index is 0.0111. The molecule has 2 amide bonds. The van der Waals surface area contributed by atoms with Gasteiger partial charge in [0.2, 0.25) is 0 Å². The molecular weight excluding hydrogens is 266 g/mol. The summed E-state index contributed by atoms with van der Waals surface area (Å²) in [5.41, 5.74) is 0.296. The first-order chi connectivity index (χ1) is 9.40. The number of carboxylic acids is 1. The van der Waals surface area contributed by atoms with E-state index in [-0.39, 0.29) is 18.7 Å². The number of amides is 2. The van der Waals surface area contributed by atoms with Crippen molar-refractivity contribution in [1.29, 1.82) is 0 Å². The monoisotopic (exact) mass is 281 g/mol. The van der Waals surface area contributed by atoms with Gasteiger partial charge >= 0.3 is 12.0 Å². The van der Waals surface area contributed by atoms with E-state index in [0.717, 1.165) is 0 Å². The van der Waals surface area contributed by atoms with Crippen LogP contribution in [0.4, 0.5) is 10.5 Å². The van der Waals surface area contributed by atoms with Gasteiger partial charge in [0, 0.05) is 17.7 Å². The van der Waals surface area contributed by atoms with Gasteiger partial charge in [0.05, 0.1) is 17.9 Å². The summed E-state index contributed by atoms with van der Waals surface area (Å²) in [6.07, 6.45) is -0.196. The highest BCUT2D eigenvalue weighted by molar-refractivity contribution is 5.75. The van der Waals surface area contributed by atoms with Gasteiger partial charge in [-0.15, -0.1) is 0 Å². The van der Waals surface area contributed by atoms with E-state index in [2.05, 4.69) is 10.6 Å². The number of carbonyl (C=O) groups excluding carboxylic acids is 1. The molecule has 0 heterocycles. The van der Waals surface area contributed by atoms with Crippen molar-refractivity contribution < 1.29 is 19.6 Å². The van der Waals surface area contributed by atoms with Gasteiger partial charge in [0.25, 0.3) is 5.69 Å². The van der Waals surface area contributed by atoms with E-state index < -0.39 is 23.0 Å². The molecule has 1 unspecified atom stereocenters. The number of para-hydroxylation sites is 1. The molecule has 0 aromatic heterocycles. The molecule has 0 aliphatic heterocycles. The van der Waals surface area contributed by atoms with Gasteiger partial charge in [-0.1, -0.05) is 18.2 Å². The molecule has 0 fully saturated rings. The van der Waals surface area contributed by atoms with Crippen molar-refractivity contribution >= 4 is 17.7 Å².